The lowest BCUT2D eigenvalue weighted by molar-refractivity contribution is -0.148. The van der Waals surface area contributed by atoms with E-state index >= 15 is 0 Å². The standard InChI is InChI=1S/C12H20N2O4/c15-9-7-10(12(17)18)14(8-9)11(16)3-6-13-4-1-2-5-13/h9-10,15H,1-8H2,(H,17,18)/t9-,10+/m1/s1. The van der Waals surface area contributed by atoms with Crippen molar-refractivity contribution in [2.75, 3.05) is 26.2 Å². The fourth-order valence-electron chi connectivity index (χ4n) is 2.73. The Balaban J connectivity index is 1.85. The highest BCUT2D eigenvalue weighted by atomic mass is 16.4. The minimum atomic E-state index is -1.03. The zero-order chi connectivity index (χ0) is 13.1. The van der Waals surface area contributed by atoms with Gasteiger partial charge in [-0.1, -0.05) is 0 Å². The summed E-state index contributed by atoms with van der Waals surface area (Å²) in [6, 6.07) is -0.855. The molecule has 0 bridgehead atoms. The fraction of sp³-hybridized carbons (Fsp3) is 0.833. The number of aliphatic hydroxyl groups excluding tert-OH is 1. The number of nitrogens with zero attached hydrogens (tertiary/aromatic N) is 2. The van der Waals surface area contributed by atoms with Crippen LogP contribution in [0.25, 0.3) is 0 Å². The number of carbonyl (C=O) groups is 2. The first kappa shape index (κ1) is 13.3. The number of rotatable bonds is 4. The van der Waals surface area contributed by atoms with Crippen LogP contribution in [0.2, 0.25) is 0 Å². The lowest BCUT2D eigenvalue weighted by Crippen LogP contribution is -2.41. The summed E-state index contributed by atoms with van der Waals surface area (Å²) in [5.74, 6) is -1.19. The van der Waals surface area contributed by atoms with Crippen LogP contribution in [-0.4, -0.2) is 70.2 Å². The second kappa shape index (κ2) is 5.67. The van der Waals surface area contributed by atoms with Crippen LogP contribution in [0.4, 0.5) is 0 Å². The Morgan fingerprint density at radius 1 is 1.22 bits per heavy atom. The molecule has 2 heterocycles. The zero-order valence-corrected chi connectivity index (χ0v) is 10.4. The summed E-state index contributed by atoms with van der Waals surface area (Å²) in [4.78, 5) is 26.5. The van der Waals surface area contributed by atoms with E-state index < -0.39 is 18.1 Å². The molecule has 18 heavy (non-hydrogen) atoms. The molecule has 1 amide bonds. The highest BCUT2D eigenvalue weighted by molar-refractivity contribution is 5.84. The van der Waals surface area contributed by atoms with Crippen LogP contribution in [0.3, 0.4) is 0 Å². The Morgan fingerprint density at radius 2 is 1.89 bits per heavy atom. The Morgan fingerprint density at radius 3 is 2.50 bits per heavy atom. The third-order valence-corrected chi connectivity index (χ3v) is 3.72. The molecule has 0 radical (unpaired) electrons. The maximum Gasteiger partial charge on any atom is 0.326 e. The second-order valence-corrected chi connectivity index (χ2v) is 5.09. The Bertz CT molecular complexity index is 328. The van der Waals surface area contributed by atoms with Crippen molar-refractivity contribution in [1.29, 1.82) is 0 Å². The first-order valence-electron chi connectivity index (χ1n) is 6.50. The number of amides is 1. The summed E-state index contributed by atoms with van der Waals surface area (Å²) in [7, 11) is 0. The SMILES string of the molecule is O=C(O)[C@@H]1C[C@@H](O)CN1C(=O)CCN1CCCC1. The quantitative estimate of drug-likeness (QED) is 0.710. The van der Waals surface area contributed by atoms with Gasteiger partial charge in [-0.2, -0.15) is 0 Å². The molecule has 2 fully saturated rings. The van der Waals surface area contributed by atoms with Gasteiger partial charge in [0.25, 0.3) is 0 Å². The molecule has 0 saturated carbocycles. The molecule has 0 aromatic carbocycles. The first-order chi connectivity index (χ1) is 8.58. The Hall–Kier alpha value is -1.14. The molecule has 2 atom stereocenters. The molecular weight excluding hydrogens is 236 g/mol. The largest absolute Gasteiger partial charge is 0.480 e. The minimum absolute atomic E-state index is 0.144. The minimum Gasteiger partial charge on any atom is -0.480 e. The van der Waals surface area contributed by atoms with Gasteiger partial charge in [0, 0.05) is 25.9 Å². The molecule has 2 N–H and O–H groups in total. The summed E-state index contributed by atoms with van der Waals surface area (Å²) in [6.07, 6.45) is 2.13. The molecule has 0 spiro atoms. The van der Waals surface area contributed by atoms with E-state index in [9.17, 15) is 14.7 Å². The van der Waals surface area contributed by atoms with Crippen molar-refractivity contribution in [3.63, 3.8) is 0 Å². The van der Waals surface area contributed by atoms with Crippen molar-refractivity contribution in [1.82, 2.24) is 9.80 Å². The zero-order valence-electron chi connectivity index (χ0n) is 10.4. The smallest absolute Gasteiger partial charge is 0.326 e. The third-order valence-electron chi connectivity index (χ3n) is 3.72. The molecule has 2 saturated heterocycles. The molecule has 0 aromatic rings. The van der Waals surface area contributed by atoms with Gasteiger partial charge in [-0.05, 0) is 25.9 Å². The monoisotopic (exact) mass is 256 g/mol. The van der Waals surface area contributed by atoms with Gasteiger partial charge in [0.15, 0.2) is 0 Å². The van der Waals surface area contributed by atoms with Gasteiger partial charge in [0.2, 0.25) is 5.91 Å². The summed E-state index contributed by atoms with van der Waals surface area (Å²) in [5.41, 5.74) is 0. The number of hydrogen-bond donors (Lipinski definition) is 2. The van der Waals surface area contributed by atoms with Gasteiger partial charge in [-0.15, -0.1) is 0 Å². The van der Waals surface area contributed by atoms with Crippen molar-refractivity contribution in [2.45, 2.75) is 37.8 Å². The predicted octanol–water partition coefficient (Wildman–Crippen LogP) is -0.481. The number of carbonyl (C=O) groups excluding carboxylic acids is 1. The van der Waals surface area contributed by atoms with Crippen molar-refractivity contribution in [3.05, 3.63) is 0 Å². The van der Waals surface area contributed by atoms with Gasteiger partial charge in [-0.25, -0.2) is 4.79 Å². The summed E-state index contributed by atoms with van der Waals surface area (Å²) in [5, 5.41) is 18.5. The number of aliphatic hydroxyl groups is 1. The van der Waals surface area contributed by atoms with Crippen molar-refractivity contribution in [3.8, 4) is 0 Å². The van der Waals surface area contributed by atoms with Crippen LogP contribution in [0.1, 0.15) is 25.7 Å². The number of carboxylic acids is 1. The lowest BCUT2D eigenvalue weighted by Gasteiger charge is -2.22. The van der Waals surface area contributed by atoms with Crippen molar-refractivity contribution in [2.24, 2.45) is 0 Å². The number of aliphatic carboxylic acids is 1. The van der Waals surface area contributed by atoms with E-state index in [0.29, 0.717) is 13.0 Å². The maximum absolute atomic E-state index is 12.0. The maximum atomic E-state index is 12.0. The number of hydrogen-bond acceptors (Lipinski definition) is 4. The fourth-order valence-corrected chi connectivity index (χ4v) is 2.73. The Labute approximate surface area is 106 Å². The average molecular weight is 256 g/mol. The second-order valence-electron chi connectivity index (χ2n) is 5.09. The van der Waals surface area contributed by atoms with Gasteiger partial charge in [0.05, 0.1) is 6.10 Å². The molecular formula is C12H20N2O4. The molecule has 6 heteroatoms. The van der Waals surface area contributed by atoms with Gasteiger partial charge in [-0.3, -0.25) is 4.79 Å². The molecule has 102 valence electrons. The predicted molar refractivity (Wildman–Crippen MR) is 64.1 cm³/mol. The van der Waals surface area contributed by atoms with Gasteiger partial charge >= 0.3 is 5.97 Å². The van der Waals surface area contributed by atoms with Crippen LogP contribution in [0.5, 0.6) is 0 Å². The van der Waals surface area contributed by atoms with Crippen LogP contribution < -0.4 is 0 Å². The van der Waals surface area contributed by atoms with E-state index in [0.717, 1.165) is 13.1 Å². The first-order valence-corrected chi connectivity index (χ1v) is 6.50. The topological polar surface area (TPSA) is 81.1 Å². The number of β-amino-alcohol motifs (C(OH)–C–C–N with tert-alkyl or cyclic N) is 1. The van der Waals surface area contributed by atoms with Gasteiger partial charge < -0.3 is 20.0 Å². The normalized spacial score (nSPS) is 28.8. The highest BCUT2D eigenvalue weighted by Gasteiger charge is 2.38. The third kappa shape index (κ3) is 3.00. The van der Waals surface area contributed by atoms with Gasteiger partial charge in [0.1, 0.15) is 6.04 Å². The van der Waals surface area contributed by atoms with Crippen molar-refractivity contribution >= 4 is 11.9 Å². The van der Waals surface area contributed by atoms with E-state index in [1.807, 2.05) is 0 Å². The summed E-state index contributed by atoms with van der Waals surface area (Å²) < 4.78 is 0. The summed E-state index contributed by atoms with van der Waals surface area (Å²) >= 11 is 0. The highest BCUT2D eigenvalue weighted by Crippen LogP contribution is 2.19. The van der Waals surface area contributed by atoms with Crippen LogP contribution in [0.15, 0.2) is 0 Å². The molecule has 0 aliphatic carbocycles. The Kier molecular flexibility index (Phi) is 4.19. The molecule has 0 unspecified atom stereocenters. The van der Waals surface area contributed by atoms with E-state index in [4.69, 9.17) is 5.11 Å². The lowest BCUT2D eigenvalue weighted by atomic mass is 10.2. The molecule has 6 nitrogen and oxygen atoms in total. The molecule has 2 aliphatic heterocycles. The van der Waals surface area contributed by atoms with E-state index in [1.54, 1.807) is 0 Å². The molecule has 2 rings (SSSR count). The summed E-state index contributed by atoms with van der Waals surface area (Å²) in [6.45, 7) is 2.89. The molecule has 0 aromatic heterocycles. The average Bonchev–Trinajstić information content (AvgIpc) is 2.94. The van der Waals surface area contributed by atoms with Crippen LogP contribution in [-0.2, 0) is 9.59 Å². The number of likely N-dealkylation sites (tertiary alicyclic amines) is 2. The van der Waals surface area contributed by atoms with E-state index in [2.05, 4.69) is 4.90 Å². The van der Waals surface area contributed by atoms with E-state index in [-0.39, 0.29) is 18.9 Å². The van der Waals surface area contributed by atoms with Crippen LogP contribution >= 0.6 is 0 Å². The molecule has 2 aliphatic rings. The van der Waals surface area contributed by atoms with Crippen LogP contribution in [0, 0.1) is 0 Å². The van der Waals surface area contributed by atoms with E-state index in [1.165, 1.54) is 17.7 Å². The number of carboxylic acid groups (broad SMARTS) is 1. The van der Waals surface area contributed by atoms with Crippen molar-refractivity contribution < 1.29 is 19.8 Å².